The zero-order valence-corrected chi connectivity index (χ0v) is 16.2. The first-order chi connectivity index (χ1) is 11.7. The third kappa shape index (κ3) is 3.64. The normalized spacial score (nSPS) is 26.1. The lowest BCUT2D eigenvalue weighted by atomic mass is 10.0. The first-order valence-electron chi connectivity index (χ1n) is 8.32. The summed E-state index contributed by atoms with van der Waals surface area (Å²) in [5.74, 6) is 0.866. The minimum Gasteiger partial charge on any atom is -0.495 e. The number of benzene rings is 1. The molecule has 25 heavy (non-hydrogen) atoms. The summed E-state index contributed by atoms with van der Waals surface area (Å²) >= 11 is 6.20. The fraction of sp³-hybridized carbons (Fsp3) is 0.588. The third-order valence-corrected chi connectivity index (χ3v) is 6.71. The number of rotatable bonds is 4. The van der Waals surface area contributed by atoms with E-state index in [0.717, 1.165) is 0 Å². The molecular formula is C17H23ClN2O4S. The highest BCUT2D eigenvalue weighted by Crippen LogP contribution is 2.35. The molecule has 6 nitrogen and oxygen atoms in total. The van der Waals surface area contributed by atoms with E-state index in [1.54, 1.807) is 23.1 Å². The average Bonchev–Trinajstić information content (AvgIpc) is 2.82. The quantitative estimate of drug-likeness (QED) is 0.789. The van der Waals surface area contributed by atoms with Crippen molar-refractivity contribution in [2.24, 2.45) is 5.92 Å². The van der Waals surface area contributed by atoms with E-state index in [-0.39, 0.29) is 36.0 Å². The molecule has 8 heteroatoms. The van der Waals surface area contributed by atoms with Crippen molar-refractivity contribution in [1.29, 1.82) is 0 Å². The lowest BCUT2D eigenvalue weighted by Gasteiger charge is -2.44. The first-order valence-corrected chi connectivity index (χ1v) is 10.5. The molecule has 2 heterocycles. The van der Waals surface area contributed by atoms with Crippen LogP contribution in [-0.4, -0.2) is 63.0 Å². The maximum absolute atomic E-state index is 12.8. The number of carbonyl (C=O) groups excluding carboxylic acids is 1. The monoisotopic (exact) mass is 386 g/mol. The van der Waals surface area contributed by atoms with Gasteiger partial charge in [-0.3, -0.25) is 9.69 Å². The highest BCUT2D eigenvalue weighted by Gasteiger charge is 2.49. The Bertz CT molecular complexity index is 781. The van der Waals surface area contributed by atoms with E-state index in [0.29, 0.717) is 28.9 Å². The van der Waals surface area contributed by atoms with E-state index in [1.807, 2.05) is 4.90 Å². The molecule has 0 N–H and O–H groups in total. The van der Waals surface area contributed by atoms with Gasteiger partial charge in [0.1, 0.15) is 5.75 Å². The van der Waals surface area contributed by atoms with Gasteiger partial charge in [0, 0.05) is 18.3 Å². The second kappa shape index (κ2) is 6.78. The third-order valence-electron chi connectivity index (χ3n) is 4.71. The largest absolute Gasteiger partial charge is 0.495 e. The van der Waals surface area contributed by atoms with Gasteiger partial charge in [-0.05, 0) is 24.1 Å². The Morgan fingerprint density at radius 3 is 2.56 bits per heavy atom. The first kappa shape index (κ1) is 18.5. The number of fused-ring (bicyclic) bond motifs is 1. The van der Waals surface area contributed by atoms with Gasteiger partial charge >= 0.3 is 0 Å². The molecule has 1 amide bonds. The van der Waals surface area contributed by atoms with E-state index in [9.17, 15) is 13.2 Å². The maximum atomic E-state index is 12.8. The molecule has 0 aromatic heterocycles. The predicted molar refractivity (Wildman–Crippen MR) is 98.1 cm³/mol. The number of halogens is 1. The van der Waals surface area contributed by atoms with Crippen LogP contribution in [0.3, 0.4) is 0 Å². The molecule has 2 fully saturated rings. The molecule has 2 aliphatic heterocycles. The summed E-state index contributed by atoms with van der Waals surface area (Å²) in [5.41, 5.74) is 0.618. The zero-order valence-electron chi connectivity index (χ0n) is 14.6. The average molecular weight is 387 g/mol. The Labute approximate surface area is 153 Å². The lowest BCUT2D eigenvalue weighted by Crippen LogP contribution is -2.62. The van der Waals surface area contributed by atoms with Gasteiger partial charge in [0.15, 0.2) is 9.84 Å². The molecule has 0 radical (unpaired) electrons. The molecule has 2 saturated heterocycles. The molecule has 0 unspecified atom stereocenters. The van der Waals surface area contributed by atoms with Gasteiger partial charge in [0.25, 0.3) is 0 Å². The molecule has 0 saturated carbocycles. The van der Waals surface area contributed by atoms with Crippen LogP contribution >= 0.6 is 11.6 Å². The van der Waals surface area contributed by atoms with E-state index in [2.05, 4.69) is 13.8 Å². The van der Waals surface area contributed by atoms with E-state index in [1.165, 1.54) is 7.11 Å². The van der Waals surface area contributed by atoms with Crippen molar-refractivity contribution in [3.63, 3.8) is 0 Å². The topological polar surface area (TPSA) is 66.9 Å². The van der Waals surface area contributed by atoms with Crippen molar-refractivity contribution in [2.75, 3.05) is 36.6 Å². The molecule has 1 aromatic rings. The number of sulfone groups is 1. The van der Waals surface area contributed by atoms with Crippen molar-refractivity contribution < 1.29 is 17.9 Å². The molecule has 3 rings (SSSR count). The van der Waals surface area contributed by atoms with Gasteiger partial charge in [-0.25, -0.2) is 8.42 Å². The summed E-state index contributed by atoms with van der Waals surface area (Å²) in [6.07, 6.45) is 0. The van der Waals surface area contributed by atoms with Crippen LogP contribution in [0.15, 0.2) is 18.2 Å². The molecule has 0 bridgehead atoms. The number of nitrogens with zero attached hydrogens (tertiary/aromatic N) is 2. The van der Waals surface area contributed by atoms with Crippen molar-refractivity contribution in [3.8, 4) is 5.75 Å². The molecule has 138 valence electrons. The summed E-state index contributed by atoms with van der Waals surface area (Å²) < 4.78 is 29.7. The van der Waals surface area contributed by atoms with Gasteiger partial charge in [-0.1, -0.05) is 25.4 Å². The van der Waals surface area contributed by atoms with Gasteiger partial charge in [0.05, 0.1) is 36.2 Å². The summed E-state index contributed by atoms with van der Waals surface area (Å²) in [7, 11) is -1.65. The van der Waals surface area contributed by atoms with Crippen LogP contribution in [0.4, 0.5) is 5.69 Å². The molecule has 1 aromatic carbocycles. The number of piperazine rings is 1. The summed E-state index contributed by atoms with van der Waals surface area (Å²) in [5, 5.41) is 0.398. The van der Waals surface area contributed by atoms with Crippen molar-refractivity contribution in [2.45, 2.75) is 25.9 Å². The SMILES string of the molecule is COc1ccc(N2C(=O)CN(CC(C)C)[C@H]3CS(=O)(=O)C[C@H]32)cc1Cl. The Morgan fingerprint density at radius 2 is 1.96 bits per heavy atom. The van der Waals surface area contributed by atoms with Crippen LogP contribution in [0.2, 0.25) is 5.02 Å². The van der Waals surface area contributed by atoms with Crippen LogP contribution in [0.1, 0.15) is 13.8 Å². The number of anilines is 1. The van der Waals surface area contributed by atoms with Crippen molar-refractivity contribution >= 4 is 33.0 Å². The fourth-order valence-corrected chi connectivity index (χ4v) is 6.00. The number of ether oxygens (including phenoxy) is 1. The van der Waals surface area contributed by atoms with E-state index >= 15 is 0 Å². The predicted octanol–water partition coefficient (Wildman–Crippen LogP) is 1.82. The van der Waals surface area contributed by atoms with Crippen LogP contribution in [0.25, 0.3) is 0 Å². The second-order valence-electron chi connectivity index (χ2n) is 7.12. The van der Waals surface area contributed by atoms with Crippen LogP contribution in [0, 0.1) is 5.92 Å². The molecule has 0 spiro atoms. The summed E-state index contributed by atoms with van der Waals surface area (Å²) in [6, 6.07) is 4.56. The van der Waals surface area contributed by atoms with E-state index in [4.69, 9.17) is 16.3 Å². The number of amides is 1. The summed E-state index contributed by atoms with van der Waals surface area (Å²) in [4.78, 5) is 16.4. The Kier molecular flexibility index (Phi) is 5.01. The van der Waals surface area contributed by atoms with Gasteiger partial charge < -0.3 is 9.64 Å². The smallest absolute Gasteiger partial charge is 0.241 e. The van der Waals surface area contributed by atoms with E-state index < -0.39 is 9.84 Å². The van der Waals surface area contributed by atoms with Crippen LogP contribution < -0.4 is 9.64 Å². The number of methoxy groups -OCH3 is 1. The fourth-order valence-electron chi connectivity index (χ4n) is 3.77. The highest BCUT2D eigenvalue weighted by molar-refractivity contribution is 7.91. The lowest BCUT2D eigenvalue weighted by molar-refractivity contribution is -0.123. The summed E-state index contributed by atoms with van der Waals surface area (Å²) in [6.45, 7) is 5.06. The van der Waals surface area contributed by atoms with Gasteiger partial charge in [-0.15, -0.1) is 0 Å². The Hall–Kier alpha value is -1.31. The number of hydrogen-bond donors (Lipinski definition) is 0. The van der Waals surface area contributed by atoms with Gasteiger partial charge in [-0.2, -0.15) is 0 Å². The highest BCUT2D eigenvalue weighted by atomic mass is 35.5. The zero-order chi connectivity index (χ0) is 18.4. The molecule has 0 aliphatic carbocycles. The van der Waals surface area contributed by atoms with Crippen LogP contribution in [0.5, 0.6) is 5.75 Å². The maximum Gasteiger partial charge on any atom is 0.241 e. The van der Waals surface area contributed by atoms with Crippen molar-refractivity contribution in [1.82, 2.24) is 4.90 Å². The molecular weight excluding hydrogens is 364 g/mol. The number of carbonyl (C=O) groups is 1. The Balaban J connectivity index is 1.97. The van der Waals surface area contributed by atoms with Gasteiger partial charge in [0.2, 0.25) is 5.91 Å². The van der Waals surface area contributed by atoms with Crippen LogP contribution in [-0.2, 0) is 14.6 Å². The van der Waals surface area contributed by atoms with Crippen molar-refractivity contribution in [3.05, 3.63) is 23.2 Å². The Morgan fingerprint density at radius 1 is 1.28 bits per heavy atom. The molecule has 2 aliphatic rings. The minimum atomic E-state index is -3.18. The standard InChI is InChI=1S/C17H23ClN2O4S/c1-11(2)7-19-8-17(21)20(15-10-25(22,23)9-14(15)19)12-4-5-16(24-3)13(18)6-12/h4-6,11,14-15H,7-10H2,1-3H3/t14-,15+/m0/s1. The minimum absolute atomic E-state index is 0.0123. The molecule has 2 atom stereocenters. The number of hydrogen-bond acceptors (Lipinski definition) is 5. The second-order valence-corrected chi connectivity index (χ2v) is 9.68.